The zero-order chi connectivity index (χ0) is 22.9. The van der Waals surface area contributed by atoms with E-state index < -0.39 is 5.97 Å². The molecule has 0 aliphatic carbocycles. The van der Waals surface area contributed by atoms with Gasteiger partial charge in [0.25, 0.3) is 0 Å². The van der Waals surface area contributed by atoms with Crippen LogP contribution < -0.4 is 23.7 Å². The van der Waals surface area contributed by atoms with E-state index in [-0.39, 0.29) is 6.61 Å². The van der Waals surface area contributed by atoms with Crippen LogP contribution in [0.25, 0.3) is 21.5 Å². The molecule has 166 valence electrons. The lowest BCUT2D eigenvalue weighted by atomic mass is 9.92. The van der Waals surface area contributed by atoms with Crippen molar-refractivity contribution in [1.82, 2.24) is 0 Å². The van der Waals surface area contributed by atoms with Crippen LogP contribution in [0.2, 0.25) is 0 Å². The van der Waals surface area contributed by atoms with Crippen molar-refractivity contribution in [2.45, 2.75) is 20.8 Å². The molecule has 0 heterocycles. The molecule has 0 unspecified atom stereocenters. The van der Waals surface area contributed by atoms with Crippen LogP contribution in [0.1, 0.15) is 28.4 Å². The molecule has 3 aromatic rings. The molecule has 0 saturated carbocycles. The Balaban J connectivity index is 2.69. The van der Waals surface area contributed by atoms with Crippen molar-refractivity contribution in [3.05, 3.63) is 28.8 Å². The molecule has 0 fully saturated rings. The summed E-state index contributed by atoms with van der Waals surface area (Å²) in [6.07, 6.45) is 0. The van der Waals surface area contributed by atoms with Crippen LogP contribution in [-0.4, -0.2) is 48.1 Å². The number of methoxy groups -OCH3 is 5. The van der Waals surface area contributed by atoms with Crippen molar-refractivity contribution in [2.24, 2.45) is 0 Å². The fourth-order valence-corrected chi connectivity index (χ4v) is 4.19. The molecular weight excluding hydrogens is 400 g/mol. The first kappa shape index (κ1) is 22.3. The average Bonchev–Trinajstić information content (AvgIpc) is 2.76. The minimum absolute atomic E-state index is 0.252. The van der Waals surface area contributed by atoms with Crippen LogP contribution in [0.3, 0.4) is 0 Å². The fourth-order valence-electron chi connectivity index (χ4n) is 4.19. The molecule has 0 atom stereocenters. The lowest BCUT2D eigenvalue weighted by Crippen LogP contribution is -2.10. The third-order valence-corrected chi connectivity index (χ3v) is 5.43. The molecule has 0 aliphatic heterocycles. The summed E-state index contributed by atoms with van der Waals surface area (Å²) in [7, 11) is 7.90. The van der Waals surface area contributed by atoms with E-state index in [9.17, 15) is 4.79 Å². The minimum Gasteiger partial charge on any atom is -0.496 e. The van der Waals surface area contributed by atoms with E-state index in [4.69, 9.17) is 28.4 Å². The highest BCUT2D eigenvalue weighted by Gasteiger charge is 2.28. The highest BCUT2D eigenvalue weighted by molar-refractivity contribution is 6.18. The van der Waals surface area contributed by atoms with Gasteiger partial charge in [-0.05, 0) is 44.0 Å². The number of hydrogen-bond acceptors (Lipinski definition) is 7. The molecule has 0 radical (unpaired) electrons. The lowest BCUT2D eigenvalue weighted by Gasteiger charge is -2.22. The molecule has 0 N–H and O–H groups in total. The first-order valence-electron chi connectivity index (χ1n) is 9.87. The summed E-state index contributed by atoms with van der Waals surface area (Å²) >= 11 is 0. The van der Waals surface area contributed by atoms with Gasteiger partial charge in [-0.2, -0.15) is 0 Å². The maximum Gasteiger partial charge on any atom is 0.342 e. The van der Waals surface area contributed by atoms with Gasteiger partial charge in [-0.3, -0.25) is 0 Å². The second kappa shape index (κ2) is 8.79. The van der Waals surface area contributed by atoms with Gasteiger partial charge in [-0.15, -0.1) is 0 Å². The summed E-state index contributed by atoms with van der Waals surface area (Å²) < 4.78 is 34.0. The van der Waals surface area contributed by atoms with Gasteiger partial charge in [0.1, 0.15) is 34.3 Å². The molecule has 7 heteroatoms. The Kier molecular flexibility index (Phi) is 6.34. The smallest absolute Gasteiger partial charge is 0.342 e. The molecule has 0 spiro atoms. The van der Waals surface area contributed by atoms with E-state index in [1.54, 1.807) is 41.4 Å². The van der Waals surface area contributed by atoms with E-state index in [1.807, 2.05) is 19.9 Å². The van der Waals surface area contributed by atoms with Gasteiger partial charge in [0.2, 0.25) is 0 Å². The normalized spacial score (nSPS) is 10.8. The van der Waals surface area contributed by atoms with E-state index >= 15 is 0 Å². The Morgan fingerprint density at radius 2 is 1.35 bits per heavy atom. The molecule has 0 amide bonds. The van der Waals surface area contributed by atoms with Crippen LogP contribution >= 0.6 is 0 Å². The highest BCUT2D eigenvalue weighted by Crippen LogP contribution is 2.53. The van der Waals surface area contributed by atoms with Crippen LogP contribution in [0.4, 0.5) is 0 Å². The number of hydrogen-bond donors (Lipinski definition) is 0. The predicted molar refractivity (Wildman–Crippen MR) is 120 cm³/mol. The van der Waals surface area contributed by atoms with Gasteiger partial charge in [0.15, 0.2) is 0 Å². The predicted octanol–water partition coefficient (Wildman–Crippen LogP) is 4.83. The SMILES string of the molecule is CCOC(=O)c1c(OC)cc2c(OC)c3c(OC)cc(C)c(OC)c3c(OC)c2c1C. The molecule has 0 saturated heterocycles. The van der Waals surface area contributed by atoms with E-state index in [2.05, 4.69) is 0 Å². The summed E-state index contributed by atoms with van der Waals surface area (Å²) in [5.41, 5.74) is 1.88. The topological polar surface area (TPSA) is 72.5 Å². The van der Waals surface area contributed by atoms with Crippen molar-refractivity contribution in [1.29, 1.82) is 0 Å². The maximum atomic E-state index is 12.8. The third kappa shape index (κ3) is 3.34. The van der Waals surface area contributed by atoms with Gasteiger partial charge in [-0.1, -0.05) is 0 Å². The minimum atomic E-state index is -0.464. The number of ether oxygens (including phenoxy) is 6. The zero-order valence-corrected chi connectivity index (χ0v) is 19.2. The Morgan fingerprint density at radius 1 is 0.742 bits per heavy atom. The molecule has 0 aliphatic rings. The monoisotopic (exact) mass is 428 g/mol. The summed E-state index contributed by atoms with van der Waals surface area (Å²) in [6, 6.07) is 3.66. The Labute approximate surface area is 181 Å². The number of carbonyl (C=O) groups is 1. The van der Waals surface area contributed by atoms with Crippen LogP contribution in [0.15, 0.2) is 12.1 Å². The second-order valence-corrected chi connectivity index (χ2v) is 6.97. The van der Waals surface area contributed by atoms with Gasteiger partial charge in [0, 0.05) is 10.8 Å². The van der Waals surface area contributed by atoms with Gasteiger partial charge >= 0.3 is 5.97 Å². The van der Waals surface area contributed by atoms with E-state index in [0.29, 0.717) is 56.0 Å². The fraction of sp³-hybridized carbons (Fsp3) is 0.375. The number of fused-ring (bicyclic) bond motifs is 2. The van der Waals surface area contributed by atoms with Crippen molar-refractivity contribution in [3.8, 4) is 28.7 Å². The summed E-state index contributed by atoms with van der Waals surface area (Å²) in [6.45, 7) is 5.78. The quantitative estimate of drug-likeness (QED) is 0.394. The van der Waals surface area contributed by atoms with Crippen LogP contribution in [-0.2, 0) is 4.74 Å². The third-order valence-electron chi connectivity index (χ3n) is 5.43. The molecular formula is C24H28O7. The van der Waals surface area contributed by atoms with E-state index in [0.717, 1.165) is 10.9 Å². The molecule has 3 rings (SSSR count). The van der Waals surface area contributed by atoms with E-state index in [1.165, 1.54) is 7.11 Å². The summed E-state index contributed by atoms with van der Waals surface area (Å²) in [5.74, 6) is 2.31. The molecule has 31 heavy (non-hydrogen) atoms. The number of rotatable bonds is 7. The van der Waals surface area contributed by atoms with Crippen LogP contribution in [0.5, 0.6) is 28.7 Å². The van der Waals surface area contributed by atoms with Crippen molar-refractivity contribution >= 4 is 27.5 Å². The standard InChI is InChI=1S/C24H28O7/c1-9-31-24(25)18-13(3)17-14(11-16(18)27-5)22(29-7)19-15(26-4)10-12(2)21(28-6)20(19)23(17)30-8/h10-11H,9H2,1-8H3. The number of esters is 1. The number of carbonyl (C=O) groups excluding carboxylic acids is 1. The number of benzene rings is 3. The highest BCUT2D eigenvalue weighted by atomic mass is 16.5. The Hall–Kier alpha value is -3.35. The van der Waals surface area contributed by atoms with Crippen molar-refractivity contribution in [2.75, 3.05) is 42.2 Å². The van der Waals surface area contributed by atoms with Crippen LogP contribution in [0, 0.1) is 13.8 Å². The second-order valence-electron chi connectivity index (χ2n) is 6.97. The molecule has 7 nitrogen and oxygen atoms in total. The van der Waals surface area contributed by atoms with Gasteiger partial charge in [-0.25, -0.2) is 4.79 Å². The first-order chi connectivity index (χ1) is 14.9. The Morgan fingerprint density at radius 3 is 1.87 bits per heavy atom. The summed E-state index contributed by atoms with van der Waals surface area (Å²) in [4.78, 5) is 12.8. The molecule has 3 aromatic carbocycles. The maximum absolute atomic E-state index is 12.8. The Bertz CT molecular complexity index is 1160. The summed E-state index contributed by atoms with van der Waals surface area (Å²) in [5, 5.41) is 2.84. The lowest BCUT2D eigenvalue weighted by molar-refractivity contribution is 0.0522. The largest absolute Gasteiger partial charge is 0.496 e. The first-order valence-corrected chi connectivity index (χ1v) is 9.87. The van der Waals surface area contributed by atoms with Crippen molar-refractivity contribution < 1.29 is 33.2 Å². The average molecular weight is 428 g/mol. The van der Waals surface area contributed by atoms with Crippen molar-refractivity contribution in [3.63, 3.8) is 0 Å². The molecule has 0 aromatic heterocycles. The van der Waals surface area contributed by atoms with Gasteiger partial charge in [0.05, 0.1) is 52.9 Å². The van der Waals surface area contributed by atoms with Gasteiger partial charge < -0.3 is 28.4 Å². The zero-order valence-electron chi connectivity index (χ0n) is 19.2. The number of aryl methyl sites for hydroxylation is 2. The molecule has 0 bridgehead atoms.